The second kappa shape index (κ2) is 8.38. The quantitative estimate of drug-likeness (QED) is 0.414. The number of benzene rings is 3. The van der Waals surface area contributed by atoms with Crippen molar-refractivity contribution in [3.8, 4) is 0 Å². The van der Waals surface area contributed by atoms with Crippen molar-refractivity contribution in [3.05, 3.63) is 101 Å². The zero-order chi connectivity index (χ0) is 24.8. The van der Waals surface area contributed by atoms with Gasteiger partial charge in [0.2, 0.25) is 0 Å². The van der Waals surface area contributed by atoms with Gasteiger partial charge in [0.15, 0.2) is 0 Å². The standard InChI is InChI=1S/C26H24FNO5S/c1-26(2,3)19-5-4-6-21(14-19)34(32,33)28-22-15-20(27)12-11-18(22)13-23(28)24(29)16-7-9-17(10-8-16)25(30)31/h4-15,24,29H,1-3H3,(H,30,31). The molecule has 6 nitrogen and oxygen atoms in total. The van der Waals surface area contributed by atoms with E-state index in [0.717, 1.165) is 15.6 Å². The van der Waals surface area contributed by atoms with Gasteiger partial charge in [-0.3, -0.25) is 0 Å². The number of aromatic carboxylic acids is 1. The molecule has 0 radical (unpaired) electrons. The molecule has 0 saturated carbocycles. The smallest absolute Gasteiger partial charge is 0.335 e. The van der Waals surface area contributed by atoms with E-state index in [9.17, 15) is 22.7 Å². The van der Waals surface area contributed by atoms with Gasteiger partial charge in [-0.2, -0.15) is 0 Å². The van der Waals surface area contributed by atoms with E-state index in [0.29, 0.717) is 10.9 Å². The van der Waals surface area contributed by atoms with Gasteiger partial charge in [0.1, 0.15) is 11.9 Å². The van der Waals surface area contributed by atoms with Crippen LogP contribution in [0.2, 0.25) is 0 Å². The second-order valence-electron chi connectivity index (χ2n) is 9.15. The number of hydrogen-bond donors (Lipinski definition) is 2. The number of nitrogens with zero attached hydrogens (tertiary/aromatic N) is 1. The zero-order valence-corrected chi connectivity index (χ0v) is 19.7. The number of rotatable bonds is 5. The Labute approximate surface area is 197 Å². The molecule has 0 fully saturated rings. The summed E-state index contributed by atoms with van der Waals surface area (Å²) in [4.78, 5) is 11.2. The molecule has 1 aromatic heterocycles. The van der Waals surface area contributed by atoms with E-state index >= 15 is 0 Å². The summed E-state index contributed by atoms with van der Waals surface area (Å²) in [6.45, 7) is 5.90. The molecule has 4 rings (SSSR count). The number of carboxylic acids is 1. The largest absolute Gasteiger partial charge is 0.478 e. The predicted molar refractivity (Wildman–Crippen MR) is 127 cm³/mol. The normalized spacial score (nSPS) is 13.2. The van der Waals surface area contributed by atoms with E-state index < -0.39 is 27.9 Å². The molecule has 1 heterocycles. The van der Waals surface area contributed by atoms with Crippen LogP contribution in [0.15, 0.2) is 77.7 Å². The lowest BCUT2D eigenvalue weighted by atomic mass is 9.87. The van der Waals surface area contributed by atoms with Gasteiger partial charge >= 0.3 is 5.97 Å². The Bertz CT molecular complexity index is 1500. The summed E-state index contributed by atoms with van der Waals surface area (Å²) >= 11 is 0. The third kappa shape index (κ3) is 4.22. The van der Waals surface area contributed by atoms with Crippen LogP contribution in [0.3, 0.4) is 0 Å². The fraction of sp³-hybridized carbons (Fsp3) is 0.192. The maximum absolute atomic E-state index is 14.2. The molecule has 1 atom stereocenters. The lowest BCUT2D eigenvalue weighted by Gasteiger charge is -2.21. The van der Waals surface area contributed by atoms with Crippen molar-refractivity contribution in [1.82, 2.24) is 3.97 Å². The first-order valence-electron chi connectivity index (χ1n) is 10.6. The van der Waals surface area contributed by atoms with Gasteiger partial charge in [-0.05, 0) is 65.1 Å². The van der Waals surface area contributed by atoms with Crippen LogP contribution in [0.4, 0.5) is 4.39 Å². The molecule has 0 spiro atoms. The van der Waals surface area contributed by atoms with Crippen molar-refractivity contribution >= 4 is 26.9 Å². The van der Waals surface area contributed by atoms with Crippen molar-refractivity contribution < 1.29 is 27.8 Å². The van der Waals surface area contributed by atoms with Gasteiger partial charge in [-0.1, -0.05) is 45.0 Å². The maximum Gasteiger partial charge on any atom is 0.335 e. The number of aliphatic hydroxyl groups excluding tert-OH is 1. The van der Waals surface area contributed by atoms with Crippen LogP contribution >= 0.6 is 0 Å². The molecule has 0 saturated heterocycles. The van der Waals surface area contributed by atoms with Crippen molar-refractivity contribution in [1.29, 1.82) is 0 Å². The highest BCUT2D eigenvalue weighted by Gasteiger charge is 2.28. The van der Waals surface area contributed by atoms with Gasteiger partial charge < -0.3 is 10.2 Å². The highest BCUT2D eigenvalue weighted by atomic mass is 32.2. The summed E-state index contributed by atoms with van der Waals surface area (Å²) in [5.41, 5.74) is 0.952. The molecule has 1 unspecified atom stereocenters. The van der Waals surface area contributed by atoms with Crippen LogP contribution in [-0.2, 0) is 15.4 Å². The molecule has 0 aliphatic carbocycles. The van der Waals surface area contributed by atoms with Crippen molar-refractivity contribution in [2.45, 2.75) is 37.2 Å². The summed E-state index contributed by atoms with van der Waals surface area (Å²) in [5, 5.41) is 20.7. The van der Waals surface area contributed by atoms with Crippen LogP contribution in [0.1, 0.15) is 54.1 Å². The molecule has 2 N–H and O–H groups in total. The van der Waals surface area contributed by atoms with E-state index in [2.05, 4.69) is 0 Å². The Balaban J connectivity index is 1.94. The van der Waals surface area contributed by atoms with E-state index in [4.69, 9.17) is 5.11 Å². The summed E-state index contributed by atoms with van der Waals surface area (Å²) in [5.74, 6) is -1.73. The molecule has 0 amide bonds. The monoisotopic (exact) mass is 481 g/mol. The molecule has 4 aromatic rings. The predicted octanol–water partition coefficient (Wildman–Crippen LogP) is 5.09. The Hall–Kier alpha value is -3.49. The Morgan fingerprint density at radius 1 is 0.971 bits per heavy atom. The van der Waals surface area contributed by atoms with Gasteiger partial charge in [-0.15, -0.1) is 0 Å². The number of carbonyl (C=O) groups is 1. The third-order valence-corrected chi connectivity index (χ3v) is 7.48. The first kappa shape index (κ1) is 23.7. The molecule has 3 aromatic carbocycles. The Morgan fingerprint density at radius 3 is 2.26 bits per heavy atom. The second-order valence-corrected chi connectivity index (χ2v) is 10.9. The first-order chi connectivity index (χ1) is 15.9. The van der Waals surface area contributed by atoms with Crippen molar-refractivity contribution in [2.75, 3.05) is 0 Å². The number of carboxylic acid groups (broad SMARTS) is 1. The topological polar surface area (TPSA) is 96.6 Å². The van der Waals surface area contributed by atoms with E-state index in [1.54, 1.807) is 12.1 Å². The highest BCUT2D eigenvalue weighted by molar-refractivity contribution is 7.90. The average Bonchev–Trinajstić information content (AvgIpc) is 3.17. The van der Waals surface area contributed by atoms with Crippen LogP contribution in [0, 0.1) is 5.82 Å². The number of fused-ring (bicyclic) bond motifs is 1. The fourth-order valence-corrected chi connectivity index (χ4v) is 5.42. The molecule has 8 heteroatoms. The summed E-state index contributed by atoms with van der Waals surface area (Å²) in [6, 6.07) is 17.3. The van der Waals surface area contributed by atoms with Crippen LogP contribution < -0.4 is 0 Å². The van der Waals surface area contributed by atoms with Crippen LogP contribution in [-0.4, -0.2) is 28.6 Å². The van der Waals surface area contributed by atoms with Crippen molar-refractivity contribution in [3.63, 3.8) is 0 Å². The third-order valence-electron chi connectivity index (χ3n) is 5.74. The zero-order valence-electron chi connectivity index (χ0n) is 18.9. The molecular weight excluding hydrogens is 457 g/mol. The van der Waals surface area contributed by atoms with Gasteiger partial charge in [-0.25, -0.2) is 21.6 Å². The van der Waals surface area contributed by atoms with Crippen LogP contribution in [0.5, 0.6) is 0 Å². The minimum Gasteiger partial charge on any atom is -0.478 e. The van der Waals surface area contributed by atoms with E-state index in [-0.39, 0.29) is 27.1 Å². The van der Waals surface area contributed by atoms with Crippen molar-refractivity contribution in [2.24, 2.45) is 0 Å². The summed E-state index contributed by atoms with van der Waals surface area (Å²) < 4.78 is 42.8. The van der Waals surface area contributed by atoms with Crippen LogP contribution in [0.25, 0.3) is 10.9 Å². The first-order valence-corrected chi connectivity index (χ1v) is 12.0. The summed E-state index contributed by atoms with van der Waals surface area (Å²) in [6.07, 6.45) is -1.40. The summed E-state index contributed by atoms with van der Waals surface area (Å²) in [7, 11) is -4.23. The number of aliphatic hydroxyl groups is 1. The lowest BCUT2D eigenvalue weighted by molar-refractivity contribution is 0.0696. The van der Waals surface area contributed by atoms with Gasteiger partial charge in [0.25, 0.3) is 10.0 Å². The highest BCUT2D eigenvalue weighted by Crippen LogP contribution is 2.34. The van der Waals surface area contributed by atoms with E-state index in [1.165, 1.54) is 48.5 Å². The molecule has 0 aliphatic heterocycles. The Morgan fingerprint density at radius 2 is 1.65 bits per heavy atom. The number of hydrogen-bond acceptors (Lipinski definition) is 4. The molecule has 176 valence electrons. The minimum absolute atomic E-state index is 0.0105. The number of halogens is 1. The molecule has 0 bridgehead atoms. The molecule has 0 aliphatic rings. The minimum atomic E-state index is -4.23. The fourth-order valence-electron chi connectivity index (χ4n) is 3.84. The molecular formula is C26H24FNO5S. The van der Waals surface area contributed by atoms with Gasteiger partial charge in [0.05, 0.1) is 21.7 Å². The Kier molecular flexibility index (Phi) is 5.83. The number of aromatic nitrogens is 1. The SMILES string of the molecule is CC(C)(C)c1cccc(S(=O)(=O)n2c(C(O)c3ccc(C(=O)O)cc3)cc3ccc(F)cc32)c1. The van der Waals surface area contributed by atoms with E-state index in [1.807, 2.05) is 26.8 Å². The lowest BCUT2D eigenvalue weighted by Crippen LogP contribution is -2.19. The van der Waals surface area contributed by atoms with Gasteiger partial charge in [0, 0.05) is 5.39 Å². The molecule has 34 heavy (non-hydrogen) atoms. The maximum atomic E-state index is 14.2. The average molecular weight is 482 g/mol.